The second-order valence-corrected chi connectivity index (χ2v) is 9.54. The van der Waals surface area contributed by atoms with Gasteiger partial charge in [-0.3, -0.25) is 9.79 Å². The maximum Gasteiger partial charge on any atom is 0.254 e. The molecule has 3 aliphatic rings. The maximum absolute atomic E-state index is 13.5. The summed E-state index contributed by atoms with van der Waals surface area (Å²) >= 11 is 0. The lowest BCUT2D eigenvalue weighted by atomic mass is 9.51. The molecule has 2 aromatic carbocycles. The highest BCUT2D eigenvalue weighted by molar-refractivity contribution is 5.96. The van der Waals surface area contributed by atoms with Crippen LogP contribution < -0.4 is 0 Å². The van der Waals surface area contributed by atoms with Crippen LogP contribution >= 0.6 is 0 Å². The predicted molar refractivity (Wildman–Crippen MR) is 114 cm³/mol. The van der Waals surface area contributed by atoms with Crippen molar-refractivity contribution >= 4 is 17.8 Å². The van der Waals surface area contributed by atoms with E-state index in [2.05, 4.69) is 55.8 Å². The molecule has 2 atom stereocenters. The van der Waals surface area contributed by atoms with E-state index in [-0.39, 0.29) is 22.8 Å². The fraction of sp³-hybridized carbons (Fsp3) is 0.440. The van der Waals surface area contributed by atoms with Crippen LogP contribution in [0.1, 0.15) is 59.8 Å². The van der Waals surface area contributed by atoms with Crippen molar-refractivity contribution in [2.45, 2.75) is 58.4 Å². The first kappa shape index (κ1) is 17.7. The highest BCUT2D eigenvalue weighted by atomic mass is 16.2. The average Bonchev–Trinajstić information content (AvgIpc) is 3.13. The highest BCUT2D eigenvalue weighted by Crippen LogP contribution is 2.56. The Morgan fingerprint density at radius 1 is 1.11 bits per heavy atom. The molecule has 1 fully saturated rings. The number of likely N-dealkylation sites (tertiary alicyclic amines) is 1. The summed E-state index contributed by atoms with van der Waals surface area (Å²) < 4.78 is 0. The van der Waals surface area contributed by atoms with Gasteiger partial charge in [0.25, 0.3) is 5.91 Å². The van der Waals surface area contributed by atoms with Crippen LogP contribution in [0.3, 0.4) is 0 Å². The van der Waals surface area contributed by atoms with E-state index in [1.54, 1.807) is 0 Å². The summed E-state index contributed by atoms with van der Waals surface area (Å²) in [6.07, 6.45) is 4.70. The smallest absolute Gasteiger partial charge is 0.254 e. The van der Waals surface area contributed by atoms with Gasteiger partial charge in [-0.25, -0.2) is 0 Å². The summed E-state index contributed by atoms with van der Waals surface area (Å²) in [5, 5.41) is 0. The Labute approximate surface area is 167 Å². The lowest BCUT2D eigenvalue weighted by Gasteiger charge is -2.61. The number of nitrogens with zero attached hydrogens (tertiary/aromatic N) is 2. The Kier molecular flexibility index (Phi) is 3.65. The van der Waals surface area contributed by atoms with Crippen molar-refractivity contribution in [1.82, 2.24) is 4.90 Å². The number of amides is 1. The van der Waals surface area contributed by atoms with Crippen molar-refractivity contribution in [3.8, 4) is 0 Å². The van der Waals surface area contributed by atoms with Crippen molar-refractivity contribution in [3.05, 3.63) is 64.2 Å². The number of aryl methyl sites for hydroxylation is 1. The molecule has 2 aliphatic heterocycles. The number of hydrogen-bond donors (Lipinski definition) is 0. The zero-order valence-corrected chi connectivity index (χ0v) is 17.2. The molecule has 3 heteroatoms. The second-order valence-electron chi connectivity index (χ2n) is 9.54. The topological polar surface area (TPSA) is 32.7 Å². The number of hydrogen-bond acceptors (Lipinski definition) is 2. The number of carbonyl (C=O) groups is 1. The van der Waals surface area contributed by atoms with E-state index in [1.807, 2.05) is 24.4 Å². The molecular weight excluding hydrogens is 344 g/mol. The summed E-state index contributed by atoms with van der Waals surface area (Å²) in [6, 6.07) is 13.1. The Morgan fingerprint density at radius 2 is 1.93 bits per heavy atom. The molecule has 2 heterocycles. The largest absolute Gasteiger partial charge is 0.335 e. The average molecular weight is 373 g/mol. The molecule has 2 aromatic rings. The number of benzene rings is 2. The Morgan fingerprint density at radius 3 is 2.75 bits per heavy atom. The van der Waals surface area contributed by atoms with Crippen LogP contribution in [0.2, 0.25) is 0 Å². The van der Waals surface area contributed by atoms with Gasteiger partial charge in [0.05, 0.1) is 5.69 Å². The summed E-state index contributed by atoms with van der Waals surface area (Å²) in [4.78, 5) is 20.1. The third-order valence-electron chi connectivity index (χ3n) is 7.89. The van der Waals surface area contributed by atoms with Crippen LogP contribution in [0.5, 0.6) is 0 Å². The van der Waals surface area contributed by atoms with Gasteiger partial charge < -0.3 is 4.90 Å². The Hall–Kier alpha value is -2.42. The number of carbonyl (C=O) groups excluding carboxylic acids is 1. The molecule has 0 N–H and O–H groups in total. The first-order valence-electron chi connectivity index (χ1n) is 10.4. The van der Waals surface area contributed by atoms with E-state index in [4.69, 9.17) is 0 Å². The van der Waals surface area contributed by atoms with Crippen molar-refractivity contribution < 1.29 is 4.79 Å². The first-order valence-corrected chi connectivity index (χ1v) is 10.4. The minimum atomic E-state index is 0.0293. The quantitative estimate of drug-likeness (QED) is 0.693. The van der Waals surface area contributed by atoms with Crippen LogP contribution in [-0.2, 0) is 18.3 Å². The molecule has 1 saturated heterocycles. The van der Waals surface area contributed by atoms with Gasteiger partial charge in [0.15, 0.2) is 0 Å². The van der Waals surface area contributed by atoms with Gasteiger partial charge in [-0.15, -0.1) is 0 Å². The van der Waals surface area contributed by atoms with Crippen LogP contribution in [0, 0.1) is 12.3 Å². The monoisotopic (exact) mass is 372 g/mol. The molecule has 1 aliphatic carbocycles. The molecular formula is C25H28N2O. The van der Waals surface area contributed by atoms with Gasteiger partial charge >= 0.3 is 0 Å². The normalized spacial score (nSPS) is 26.7. The van der Waals surface area contributed by atoms with Gasteiger partial charge in [0, 0.05) is 36.2 Å². The van der Waals surface area contributed by atoms with E-state index in [9.17, 15) is 4.79 Å². The van der Waals surface area contributed by atoms with Crippen LogP contribution in [0.15, 0.2) is 41.4 Å². The summed E-state index contributed by atoms with van der Waals surface area (Å²) in [7, 11) is 0. The number of aliphatic imine (C=N–C) groups is 1. The molecule has 28 heavy (non-hydrogen) atoms. The lowest BCUT2D eigenvalue weighted by molar-refractivity contribution is -0.0262. The molecule has 144 valence electrons. The van der Waals surface area contributed by atoms with Gasteiger partial charge in [0.2, 0.25) is 0 Å². The van der Waals surface area contributed by atoms with Gasteiger partial charge in [-0.2, -0.15) is 0 Å². The maximum atomic E-state index is 13.5. The Bertz CT molecular complexity index is 1020. The zero-order valence-electron chi connectivity index (χ0n) is 17.2. The van der Waals surface area contributed by atoms with E-state index < -0.39 is 0 Å². The molecule has 2 unspecified atom stereocenters. The van der Waals surface area contributed by atoms with Crippen LogP contribution in [0.25, 0.3) is 0 Å². The van der Waals surface area contributed by atoms with Crippen molar-refractivity contribution in [2.75, 3.05) is 6.54 Å². The van der Waals surface area contributed by atoms with E-state index in [0.717, 1.165) is 42.6 Å². The molecule has 0 radical (unpaired) electrons. The molecule has 1 amide bonds. The number of rotatable bonds is 1. The highest BCUT2D eigenvalue weighted by Gasteiger charge is 2.56. The van der Waals surface area contributed by atoms with E-state index in [0.29, 0.717) is 0 Å². The molecule has 2 bridgehead atoms. The predicted octanol–water partition coefficient (Wildman–Crippen LogP) is 5.01. The van der Waals surface area contributed by atoms with Crippen LogP contribution in [-0.4, -0.2) is 29.6 Å². The fourth-order valence-corrected chi connectivity index (χ4v) is 5.68. The van der Waals surface area contributed by atoms with Gasteiger partial charge in [-0.05, 0) is 60.1 Å². The van der Waals surface area contributed by atoms with Crippen LogP contribution in [0.4, 0.5) is 5.69 Å². The van der Waals surface area contributed by atoms with E-state index in [1.165, 1.54) is 16.7 Å². The molecule has 0 aromatic heterocycles. The van der Waals surface area contributed by atoms with Gasteiger partial charge in [0.1, 0.15) is 0 Å². The van der Waals surface area contributed by atoms with Crippen molar-refractivity contribution in [3.63, 3.8) is 0 Å². The van der Waals surface area contributed by atoms with Crippen molar-refractivity contribution in [1.29, 1.82) is 0 Å². The molecule has 0 spiro atoms. The fourth-order valence-electron chi connectivity index (χ4n) is 5.68. The lowest BCUT2D eigenvalue weighted by Crippen LogP contribution is -2.64. The summed E-state index contributed by atoms with van der Waals surface area (Å²) in [6.45, 7) is 10.1. The SMILES string of the molecule is Cc1ccc2c(c1)C1(C)CCN(C(=O)c3ccc4c(c3)CC=N4)C(C2)C1(C)C. The standard InChI is InChI=1S/C25H28N2O/c1-16-5-6-17-15-22-24(2,3)25(4,20(17)13-16)10-12-27(22)23(28)19-7-8-21-18(14-19)9-11-26-21/h5-8,11,13-14,22H,9-10,12,15H2,1-4H3. The first-order chi connectivity index (χ1) is 13.3. The molecule has 0 saturated carbocycles. The number of piperidine rings is 1. The minimum absolute atomic E-state index is 0.0293. The van der Waals surface area contributed by atoms with E-state index >= 15 is 0 Å². The minimum Gasteiger partial charge on any atom is -0.335 e. The number of fused-ring (bicyclic) bond motifs is 5. The van der Waals surface area contributed by atoms with Gasteiger partial charge in [-0.1, -0.05) is 44.5 Å². The molecule has 3 nitrogen and oxygen atoms in total. The third kappa shape index (κ3) is 2.28. The Balaban J connectivity index is 1.54. The van der Waals surface area contributed by atoms with Crippen molar-refractivity contribution in [2.24, 2.45) is 10.4 Å². The zero-order chi connectivity index (χ0) is 19.7. The third-order valence-corrected chi connectivity index (χ3v) is 7.89. The molecule has 5 rings (SSSR count). The summed E-state index contributed by atoms with van der Waals surface area (Å²) in [5.74, 6) is 0.172. The second kappa shape index (κ2) is 5.79. The summed E-state index contributed by atoms with van der Waals surface area (Å²) in [5.41, 5.74) is 7.34.